The van der Waals surface area contributed by atoms with Gasteiger partial charge in [-0.3, -0.25) is 0 Å². The Hall–Kier alpha value is -1.61. The van der Waals surface area contributed by atoms with E-state index in [1.807, 2.05) is 6.07 Å². The predicted octanol–water partition coefficient (Wildman–Crippen LogP) is 3.33. The van der Waals surface area contributed by atoms with Crippen LogP contribution in [0.2, 0.25) is 0 Å². The number of hydrogen-bond acceptors (Lipinski definition) is 3. The summed E-state index contributed by atoms with van der Waals surface area (Å²) in [6.45, 7) is 1.58. The Morgan fingerprint density at radius 1 is 1.05 bits per heavy atom. The average molecular weight is 269 g/mol. The maximum absolute atomic E-state index is 5.82. The Labute approximate surface area is 120 Å². The average Bonchev–Trinajstić information content (AvgIpc) is 2.53. The standard InChI is InChI=1S/C17H23N3/c18-12-13-20(15-7-2-1-3-8-15)17-11-10-14-6-4-5-9-16(14)19-17/h4-6,9-11,15H,1-3,7-8,12-13,18H2. The molecular weight excluding hydrogens is 246 g/mol. The van der Waals surface area contributed by atoms with E-state index < -0.39 is 0 Å². The number of nitrogens with zero attached hydrogens (tertiary/aromatic N) is 2. The lowest BCUT2D eigenvalue weighted by molar-refractivity contribution is 0.414. The van der Waals surface area contributed by atoms with E-state index in [9.17, 15) is 0 Å². The number of pyridine rings is 1. The van der Waals surface area contributed by atoms with Crippen LogP contribution in [0.5, 0.6) is 0 Å². The van der Waals surface area contributed by atoms with Gasteiger partial charge >= 0.3 is 0 Å². The van der Waals surface area contributed by atoms with Crippen LogP contribution in [-0.2, 0) is 0 Å². The molecule has 0 spiro atoms. The fourth-order valence-electron chi connectivity index (χ4n) is 3.23. The van der Waals surface area contributed by atoms with E-state index in [-0.39, 0.29) is 0 Å². The first kappa shape index (κ1) is 13.4. The van der Waals surface area contributed by atoms with Crippen LogP contribution < -0.4 is 10.6 Å². The monoisotopic (exact) mass is 269 g/mol. The normalized spacial score (nSPS) is 16.4. The zero-order valence-corrected chi connectivity index (χ0v) is 12.0. The molecule has 106 valence electrons. The highest BCUT2D eigenvalue weighted by Gasteiger charge is 2.21. The maximum Gasteiger partial charge on any atom is 0.129 e. The molecule has 1 saturated carbocycles. The van der Waals surface area contributed by atoms with Gasteiger partial charge in [0.05, 0.1) is 5.52 Å². The van der Waals surface area contributed by atoms with Gasteiger partial charge in [0.1, 0.15) is 5.82 Å². The lowest BCUT2D eigenvalue weighted by Crippen LogP contribution is -2.40. The molecule has 2 aromatic rings. The number of fused-ring (bicyclic) bond motifs is 1. The summed E-state index contributed by atoms with van der Waals surface area (Å²) in [5, 5.41) is 1.20. The number of nitrogens with two attached hydrogens (primary N) is 1. The van der Waals surface area contributed by atoms with E-state index in [0.29, 0.717) is 12.6 Å². The minimum absolute atomic E-state index is 0.612. The molecule has 0 atom stereocenters. The van der Waals surface area contributed by atoms with Crippen LogP contribution >= 0.6 is 0 Å². The minimum atomic E-state index is 0.612. The Morgan fingerprint density at radius 2 is 1.85 bits per heavy atom. The molecule has 1 aliphatic carbocycles. The van der Waals surface area contributed by atoms with Crippen LogP contribution in [0.15, 0.2) is 36.4 Å². The smallest absolute Gasteiger partial charge is 0.129 e. The number of benzene rings is 1. The summed E-state index contributed by atoms with van der Waals surface area (Å²) >= 11 is 0. The van der Waals surface area contributed by atoms with E-state index >= 15 is 0 Å². The number of anilines is 1. The van der Waals surface area contributed by atoms with Gasteiger partial charge in [-0.25, -0.2) is 4.98 Å². The van der Waals surface area contributed by atoms with Crippen LogP contribution in [0.25, 0.3) is 10.9 Å². The molecule has 1 aliphatic rings. The van der Waals surface area contributed by atoms with Crippen molar-refractivity contribution in [3.63, 3.8) is 0 Å². The van der Waals surface area contributed by atoms with Crippen molar-refractivity contribution in [3.05, 3.63) is 36.4 Å². The van der Waals surface area contributed by atoms with Crippen LogP contribution in [0.3, 0.4) is 0 Å². The largest absolute Gasteiger partial charge is 0.352 e. The molecule has 0 aliphatic heterocycles. The lowest BCUT2D eigenvalue weighted by atomic mass is 9.94. The van der Waals surface area contributed by atoms with Crippen molar-refractivity contribution in [3.8, 4) is 0 Å². The number of hydrogen-bond donors (Lipinski definition) is 1. The molecule has 1 aromatic carbocycles. The second-order valence-corrected chi connectivity index (χ2v) is 5.64. The van der Waals surface area contributed by atoms with Crippen molar-refractivity contribution in [1.29, 1.82) is 0 Å². The van der Waals surface area contributed by atoms with Crippen molar-refractivity contribution in [2.75, 3.05) is 18.0 Å². The molecule has 3 rings (SSSR count). The molecule has 1 heterocycles. The summed E-state index contributed by atoms with van der Waals surface area (Å²) in [5.74, 6) is 1.08. The molecule has 2 N–H and O–H groups in total. The highest BCUT2D eigenvalue weighted by molar-refractivity contribution is 5.80. The van der Waals surface area contributed by atoms with E-state index in [2.05, 4.69) is 35.2 Å². The van der Waals surface area contributed by atoms with E-state index in [1.54, 1.807) is 0 Å². The molecule has 3 nitrogen and oxygen atoms in total. The van der Waals surface area contributed by atoms with Gasteiger partial charge in [-0.1, -0.05) is 37.5 Å². The third kappa shape index (κ3) is 2.78. The second-order valence-electron chi connectivity index (χ2n) is 5.64. The van der Waals surface area contributed by atoms with Crippen LogP contribution in [0.1, 0.15) is 32.1 Å². The molecule has 0 radical (unpaired) electrons. The highest BCUT2D eigenvalue weighted by atomic mass is 15.2. The number of aromatic nitrogens is 1. The Morgan fingerprint density at radius 3 is 2.65 bits per heavy atom. The highest BCUT2D eigenvalue weighted by Crippen LogP contribution is 2.27. The molecule has 0 amide bonds. The zero-order chi connectivity index (χ0) is 13.8. The third-order valence-corrected chi connectivity index (χ3v) is 4.26. The third-order valence-electron chi connectivity index (χ3n) is 4.26. The summed E-state index contributed by atoms with van der Waals surface area (Å²) in [4.78, 5) is 7.26. The van der Waals surface area contributed by atoms with Crippen molar-refractivity contribution >= 4 is 16.7 Å². The maximum atomic E-state index is 5.82. The molecule has 3 heteroatoms. The zero-order valence-electron chi connectivity index (χ0n) is 12.0. The SMILES string of the molecule is NCCN(c1ccc2ccccc2n1)C1CCCCC1. The van der Waals surface area contributed by atoms with Gasteiger partial charge in [-0.15, -0.1) is 0 Å². The van der Waals surface area contributed by atoms with Gasteiger partial charge in [-0.05, 0) is 31.0 Å². The fourth-order valence-corrected chi connectivity index (χ4v) is 3.23. The lowest BCUT2D eigenvalue weighted by Gasteiger charge is -2.35. The number of rotatable bonds is 4. The molecule has 20 heavy (non-hydrogen) atoms. The summed E-state index contributed by atoms with van der Waals surface area (Å²) in [6, 6.07) is 13.2. The predicted molar refractivity (Wildman–Crippen MR) is 85.0 cm³/mol. The first-order chi connectivity index (χ1) is 9.88. The Bertz CT molecular complexity index is 561. The second kappa shape index (κ2) is 6.23. The van der Waals surface area contributed by atoms with Crippen molar-refractivity contribution in [2.45, 2.75) is 38.1 Å². The van der Waals surface area contributed by atoms with Gasteiger partial charge in [-0.2, -0.15) is 0 Å². The van der Waals surface area contributed by atoms with Gasteiger partial charge in [0.15, 0.2) is 0 Å². The summed E-state index contributed by atoms with van der Waals surface area (Å²) in [6.07, 6.45) is 6.58. The van der Waals surface area contributed by atoms with E-state index in [4.69, 9.17) is 10.7 Å². The fraction of sp³-hybridized carbons (Fsp3) is 0.471. The first-order valence-corrected chi connectivity index (χ1v) is 7.71. The van der Waals surface area contributed by atoms with E-state index in [0.717, 1.165) is 17.9 Å². The molecule has 1 aromatic heterocycles. The minimum Gasteiger partial charge on any atom is -0.352 e. The quantitative estimate of drug-likeness (QED) is 0.925. The summed E-state index contributed by atoms with van der Waals surface area (Å²) < 4.78 is 0. The van der Waals surface area contributed by atoms with Gasteiger partial charge < -0.3 is 10.6 Å². The van der Waals surface area contributed by atoms with Crippen molar-refractivity contribution in [2.24, 2.45) is 5.73 Å². The molecule has 0 bridgehead atoms. The number of para-hydroxylation sites is 1. The van der Waals surface area contributed by atoms with Crippen molar-refractivity contribution in [1.82, 2.24) is 4.98 Å². The first-order valence-electron chi connectivity index (χ1n) is 7.71. The molecule has 1 fully saturated rings. The van der Waals surface area contributed by atoms with E-state index in [1.165, 1.54) is 37.5 Å². The Kier molecular flexibility index (Phi) is 4.16. The Balaban J connectivity index is 1.91. The van der Waals surface area contributed by atoms with Gasteiger partial charge in [0.25, 0.3) is 0 Å². The van der Waals surface area contributed by atoms with Gasteiger partial charge in [0.2, 0.25) is 0 Å². The molecule has 0 saturated heterocycles. The summed E-state index contributed by atoms with van der Waals surface area (Å²) in [5.41, 5.74) is 6.89. The summed E-state index contributed by atoms with van der Waals surface area (Å²) in [7, 11) is 0. The van der Waals surface area contributed by atoms with Crippen LogP contribution in [0, 0.1) is 0 Å². The van der Waals surface area contributed by atoms with Gasteiger partial charge in [0, 0.05) is 24.5 Å². The van der Waals surface area contributed by atoms with Crippen LogP contribution in [-0.4, -0.2) is 24.1 Å². The topological polar surface area (TPSA) is 42.1 Å². The van der Waals surface area contributed by atoms with Crippen LogP contribution in [0.4, 0.5) is 5.82 Å². The molecule has 0 unspecified atom stereocenters. The van der Waals surface area contributed by atoms with Crippen molar-refractivity contribution < 1.29 is 0 Å². The molecular formula is C17H23N3.